The van der Waals surface area contributed by atoms with Gasteiger partial charge in [-0.3, -0.25) is 27.9 Å². The smallest absolute Gasteiger partial charge is 0.338 e. The molecule has 30 nitrogen and oxygen atoms in total. The Kier molecular flexibility index (Phi) is 23.1. The van der Waals surface area contributed by atoms with Crippen LogP contribution in [0.15, 0.2) is 75.5 Å². The number of hydrogen-bond acceptors (Lipinski definition) is 23. The van der Waals surface area contributed by atoms with E-state index >= 15 is 0 Å². The Morgan fingerprint density at radius 2 is 1.47 bits per heavy atom. The van der Waals surface area contributed by atoms with Gasteiger partial charge >= 0.3 is 11.9 Å². The topological polar surface area (TPSA) is 463 Å². The van der Waals surface area contributed by atoms with Gasteiger partial charge in [0.05, 0.1) is 46.8 Å². The first-order valence-electron chi connectivity index (χ1n) is 29.1. The number of aliphatic carboxylic acids is 1. The van der Waals surface area contributed by atoms with E-state index in [-0.39, 0.29) is 62.4 Å². The van der Waals surface area contributed by atoms with Crippen molar-refractivity contribution in [1.82, 2.24) is 20.3 Å². The molecule has 492 valence electrons. The largest absolute Gasteiger partial charge is 0.479 e. The second kappa shape index (κ2) is 29.7. The zero-order valence-electron chi connectivity index (χ0n) is 48.4. The number of ether oxygens (including phenoxy) is 6. The first-order valence-corrected chi connectivity index (χ1v) is 33.4. The highest BCUT2D eigenvalue weighted by molar-refractivity contribution is 7.87. The second-order valence-corrected chi connectivity index (χ2v) is 27.2. The number of aliphatic hydroxyl groups is 5. The van der Waals surface area contributed by atoms with Crippen molar-refractivity contribution in [1.29, 1.82) is 0 Å². The number of anilines is 1. The highest BCUT2D eigenvalue weighted by Crippen LogP contribution is 2.41. The summed E-state index contributed by atoms with van der Waals surface area (Å²) in [4.78, 5) is 50.7. The average Bonchev–Trinajstić information content (AvgIpc) is 1.09. The molecule has 2 saturated carbocycles. The fraction of sp³-hybridized carbons (Fsp3) is 0.607. The standard InChI is InChI=1S/C56H75N5O25S3/c1-29-22-33(52(68)57-20-11-16-34-27-61(60-59-34)21-10-9-17-43(63)58-37-18-19-41(88(75,76)77)36-25-35(87(72,73)74)26-42(44(36)37)89(78,79)80)24-38(49(29)86-55-48(67)47(66)45(64)30(2)81-55)83-56-51(85-54(71)32-14-7-4-8-15-32)50(46(65)40(28-62)84-56)82-39(53(69)70)23-31-12-5-3-6-13-31/h4,7-8,14-15,18-19,25-27,29-31,33,38-40,45-51,55-56,62,64-67H,3,5-6,9-13,16-17,20-24,28H2,1-2H3,(H,57,68)(H,58,63)(H,69,70)(H,72,73,74)(H,75,76,77)(H,78,79,80)/t29?,30?,33?,38?,39-,40?,45?,46?,47?,48?,49?,50?,51?,55?,56?/m0/s1. The van der Waals surface area contributed by atoms with Gasteiger partial charge in [-0.05, 0) is 100 Å². The normalized spacial score (nSPS) is 28.4. The number of carbonyl (C=O) groups is 4. The maximum absolute atomic E-state index is 14.2. The molecule has 8 rings (SSSR count). The number of esters is 1. The fourth-order valence-electron chi connectivity index (χ4n) is 11.8. The molecule has 2 aliphatic carbocycles. The predicted octanol–water partition coefficient (Wildman–Crippen LogP) is 1.79. The van der Waals surface area contributed by atoms with Crippen LogP contribution in [0.5, 0.6) is 0 Å². The summed E-state index contributed by atoms with van der Waals surface area (Å²) in [6.07, 6.45) is -12.3. The monoisotopic (exact) mass is 1310 g/mol. The second-order valence-electron chi connectivity index (χ2n) is 23.0. The molecule has 4 fully saturated rings. The van der Waals surface area contributed by atoms with Crippen LogP contribution >= 0.6 is 0 Å². The van der Waals surface area contributed by atoms with Crippen molar-refractivity contribution in [2.24, 2.45) is 17.8 Å². The van der Waals surface area contributed by atoms with E-state index in [1.807, 2.05) is 0 Å². The third kappa shape index (κ3) is 17.5. The maximum atomic E-state index is 14.2. The van der Waals surface area contributed by atoms with Gasteiger partial charge in [-0.2, -0.15) is 25.3 Å². The van der Waals surface area contributed by atoms with E-state index < -0.39 is 178 Å². The third-order valence-corrected chi connectivity index (χ3v) is 19.1. The molecule has 2 saturated heterocycles. The summed E-state index contributed by atoms with van der Waals surface area (Å²) in [5.41, 5.74) is 0.253. The lowest BCUT2D eigenvalue weighted by Gasteiger charge is -2.48. The van der Waals surface area contributed by atoms with Gasteiger partial charge in [-0.15, -0.1) is 5.10 Å². The van der Waals surface area contributed by atoms with Crippen LogP contribution in [-0.4, -0.2) is 201 Å². The summed E-state index contributed by atoms with van der Waals surface area (Å²) in [5, 5.41) is 77.4. The van der Waals surface area contributed by atoms with E-state index in [0.29, 0.717) is 37.1 Å². The van der Waals surface area contributed by atoms with E-state index in [0.717, 1.165) is 44.2 Å². The minimum Gasteiger partial charge on any atom is -0.479 e. The minimum atomic E-state index is -5.34. The number of carboxylic acid groups (broad SMARTS) is 1. The predicted molar refractivity (Wildman–Crippen MR) is 306 cm³/mol. The Balaban J connectivity index is 0.916. The first-order chi connectivity index (χ1) is 42.0. The Morgan fingerprint density at radius 1 is 0.764 bits per heavy atom. The van der Waals surface area contributed by atoms with Gasteiger partial charge in [0.1, 0.15) is 46.4 Å². The average molecular weight is 1310 g/mol. The zero-order chi connectivity index (χ0) is 64.7. The Hall–Kier alpha value is -5.73. The number of rotatable bonds is 26. The van der Waals surface area contributed by atoms with Crippen LogP contribution in [0.25, 0.3) is 10.8 Å². The van der Waals surface area contributed by atoms with Gasteiger partial charge in [0, 0.05) is 42.4 Å². The molecule has 4 aliphatic rings. The van der Waals surface area contributed by atoms with E-state index in [9.17, 15) is 88.7 Å². The number of fused-ring (bicyclic) bond motifs is 1. The van der Waals surface area contributed by atoms with E-state index in [1.165, 1.54) is 23.7 Å². The Morgan fingerprint density at radius 3 is 2.13 bits per heavy atom. The molecule has 0 bridgehead atoms. The number of unbranched alkanes of at least 4 members (excludes halogenated alkanes) is 1. The SMILES string of the molecule is CC1CC(C(=O)NCCCc2cn(CCCCC(=O)Nc3ccc(S(=O)(=O)O)c4cc(S(=O)(=O)O)cc(S(=O)(=O)O)c34)nn2)CC(OC2OC(CO)C(O)C(O[C@@H](CC3CCCCC3)C(=O)O)C2OC(=O)c2ccccc2)C1OC1OC(C)C(O)C(O)C1O. The molecule has 89 heavy (non-hydrogen) atoms. The molecular weight excluding hydrogens is 1240 g/mol. The van der Waals surface area contributed by atoms with Crippen molar-refractivity contribution in [3.8, 4) is 0 Å². The number of aliphatic hydroxyl groups excluding tert-OH is 5. The molecule has 2 aliphatic heterocycles. The summed E-state index contributed by atoms with van der Waals surface area (Å²) >= 11 is 0. The van der Waals surface area contributed by atoms with Gasteiger partial charge in [0.25, 0.3) is 30.4 Å². The molecule has 15 atom stereocenters. The number of aromatic nitrogens is 3. The molecule has 0 spiro atoms. The zero-order valence-corrected chi connectivity index (χ0v) is 50.9. The molecular formula is C56H75N5O25S3. The van der Waals surface area contributed by atoms with Crippen molar-refractivity contribution >= 4 is 70.6 Å². The number of amides is 2. The van der Waals surface area contributed by atoms with Gasteiger partial charge in [0.2, 0.25) is 11.8 Å². The van der Waals surface area contributed by atoms with E-state index in [2.05, 4.69) is 20.9 Å². The van der Waals surface area contributed by atoms with E-state index in [4.69, 9.17) is 28.4 Å². The van der Waals surface area contributed by atoms with Crippen LogP contribution in [0.1, 0.15) is 107 Å². The van der Waals surface area contributed by atoms with Gasteiger partial charge in [0.15, 0.2) is 24.8 Å². The summed E-state index contributed by atoms with van der Waals surface area (Å²) in [5.74, 6) is -4.78. The van der Waals surface area contributed by atoms with E-state index in [1.54, 1.807) is 31.3 Å². The summed E-state index contributed by atoms with van der Waals surface area (Å²) in [6.45, 7) is 2.81. The van der Waals surface area contributed by atoms with Crippen LogP contribution in [0.2, 0.25) is 0 Å². The number of hydrogen-bond donors (Lipinski definition) is 11. The van der Waals surface area contributed by atoms with Crippen LogP contribution in [0, 0.1) is 17.8 Å². The molecule has 33 heteroatoms. The lowest BCUT2D eigenvalue weighted by atomic mass is 9.77. The quantitative estimate of drug-likeness (QED) is 0.0242. The van der Waals surface area contributed by atoms with Crippen molar-refractivity contribution < 1.29 is 117 Å². The first kappa shape index (κ1) is 69.2. The number of nitrogens with zero attached hydrogens (tertiary/aromatic N) is 3. The maximum Gasteiger partial charge on any atom is 0.338 e. The Labute approximate surface area is 512 Å². The molecule has 2 amide bonds. The van der Waals surface area contributed by atoms with Crippen molar-refractivity contribution in [2.75, 3.05) is 18.5 Å². The fourth-order valence-corrected chi connectivity index (χ4v) is 13.9. The summed E-state index contributed by atoms with van der Waals surface area (Å²) in [7, 11) is -15.7. The van der Waals surface area contributed by atoms with Crippen molar-refractivity contribution in [2.45, 2.75) is 198 Å². The summed E-state index contributed by atoms with van der Waals surface area (Å²) in [6, 6.07) is 10.4. The lowest BCUT2D eigenvalue weighted by molar-refractivity contribution is -0.349. The molecule has 0 radical (unpaired) electrons. The van der Waals surface area contributed by atoms with Crippen LogP contribution in [0.4, 0.5) is 5.69 Å². The van der Waals surface area contributed by atoms with Crippen LogP contribution < -0.4 is 10.6 Å². The summed E-state index contributed by atoms with van der Waals surface area (Å²) < 4.78 is 141. The number of nitrogens with one attached hydrogen (secondary N) is 2. The number of carboxylic acids is 1. The van der Waals surface area contributed by atoms with Gasteiger partial charge in [-0.25, -0.2) is 9.59 Å². The number of benzene rings is 3. The lowest BCUT2D eigenvalue weighted by Crippen LogP contribution is -2.64. The van der Waals surface area contributed by atoms with Gasteiger partial charge < -0.3 is 69.7 Å². The van der Waals surface area contributed by atoms with Crippen LogP contribution in [-0.2, 0) is 86.1 Å². The molecule has 4 aromatic rings. The van der Waals surface area contributed by atoms with Gasteiger partial charge in [-0.1, -0.05) is 62.4 Å². The number of carbonyl (C=O) groups excluding carboxylic acids is 3. The molecule has 1 aromatic heterocycles. The highest BCUT2D eigenvalue weighted by atomic mass is 32.2. The molecule has 3 aromatic carbocycles. The molecule has 11 N–H and O–H groups in total. The van der Waals surface area contributed by atoms with Crippen molar-refractivity contribution in [3.05, 3.63) is 72.1 Å². The Bertz CT molecular complexity index is 3480. The number of aryl methyl sites for hydroxylation is 2. The van der Waals surface area contributed by atoms with Crippen LogP contribution in [0.3, 0.4) is 0 Å². The van der Waals surface area contributed by atoms with Crippen molar-refractivity contribution in [3.63, 3.8) is 0 Å². The molecule has 3 heterocycles. The third-order valence-electron chi connectivity index (χ3n) is 16.5. The molecule has 14 unspecified atom stereocenters. The highest BCUT2D eigenvalue weighted by Gasteiger charge is 2.54. The minimum absolute atomic E-state index is 0.0156.